The van der Waals surface area contributed by atoms with Gasteiger partial charge in [0.1, 0.15) is 5.82 Å². The first-order valence-corrected chi connectivity index (χ1v) is 9.42. The van der Waals surface area contributed by atoms with Crippen LogP contribution in [0.3, 0.4) is 0 Å². The van der Waals surface area contributed by atoms with Crippen molar-refractivity contribution in [3.05, 3.63) is 64.3 Å². The number of hydrogen-bond donors (Lipinski definition) is 1. The Balaban J connectivity index is 1.43. The van der Waals surface area contributed by atoms with Crippen molar-refractivity contribution in [2.75, 3.05) is 31.1 Å². The summed E-state index contributed by atoms with van der Waals surface area (Å²) in [5.41, 5.74) is 3.71. The molecular formula is C19H18Cl2FN5. The summed E-state index contributed by atoms with van der Waals surface area (Å²) >= 11 is 12.5. The van der Waals surface area contributed by atoms with Gasteiger partial charge in [-0.25, -0.2) is 4.39 Å². The molecule has 0 amide bonds. The molecule has 0 radical (unpaired) electrons. The molecule has 1 aliphatic rings. The van der Waals surface area contributed by atoms with Gasteiger partial charge in [-0.3, -0.25) is 15.0 Å². The van der Waals surface area contributed by atoms with Crippen molar-refractivity contribution in [2.24, 2.45) is 0 Å². The monoisotopic (exact) mass is 405 g/mol. The van der Waals surface area contributed by atoms with Gasteiger partial charge in [0.25, 0.3) is 0 Å². The maximum Gasteiger partial charge on any atom is 0.123 e. The first kappa shape index (κ1) is 18.2. The zero-order valence-electron chi connectivity index (χ0n) is 14.5. The highest BCUT2D eigenvalue weighted by Crippen LogP contribution is 2.33. The van der Waals surface area contributed by atoms with Gasteiger partial charge in [0.15, 0.2) is 0 Å². The molecule has 1 fully saturated rings. The number of H-pyrrole nitrogens is 1. The molecule has 27 heavy (non-hydrogen) atoms. The third-order valence-electron chi connectivity index (χ3n) is 4.75. The lowest BCUT2D eigenvalue weighted by Crippen LogP contribution is -2.46. The summed E-state index contributed by atoms with van der Waals surface area (Å²) in [4.78, 5) is 8.57. The van der Waals surface area contributed by atoms with E-state index in [4.69, 9.17) is 23.2 Å². The number of hydrogen-bond acceptors (Lipinski definition) is 4. The topological polar surface area (TPSA) is 48.1 Å². The molecule has 5 nitrogen and oxygen atoms in total. The summed E-state index contributed by atoms with van der Waals surface area (Å²) < 4.78 is 13.2. The van der Waals surface area contributed by atoms with Crippen LogP contribution in [0.4, 0.5) is 10.1 Å². The molecule has 0 atom stereocenters. The maximum atomic E-state index is 13.2. The molecule has 0 saturated carbocycles. The number of anilines is 1. The zero-order chi connectivity index (χ0) is 18.8. The van der Waals surface area contributed by atoms with Crippen molar-refractivity contribution in [3.63, 3.8) is 0 Å². The minimum atomic E-state index is -0.250. The van der Waals surface area contributed by atoms with E-state index in [1.165, 1.54) is 12.1 Å². The number of halogens is 3. The molecule has 3 heterocycles. The molecule has 2 aromatic heterocycles. The molecule has 1 aliphatic heterocycles. The van der Waals surface area contributed by atoms with Gasteiger partial charge in [0.2, 0.25) is 0 Å². The molecule has 140 valence electrons. The fraction of sp³-hybridized carbons (Fsp3) is 0.263. The fourth-order valence-electron chi connectivity index (χ4n) is 3.37. The molecule has 1 saturated heterocycles. The van der Waals surface area contributed by atoms with Crippen molar-refractivity contribution >= 4 is 28.9 Å². The predicted molar refractivity (Wildman–Crippen MR) is 106 cm³/mol. The van der Waals surface area contributed by atoms with Crippen LogP contribution in [-0.4, -0.2) is 46.3 Å². The lowest BCUT2D eigenvalue weighted by Gasteiger charge is -2.36. The Hall–Kier alpha value is -2.15. The Morgan fingerprint density at radius 3 is 2.33 bits per heavy atom. The van der Waals surface area contributed by atoms with Crippen molar-refractivity contribution in [2.45, 2.75) is 6.54 Å². The van der Waals surface area contributed by atoms with Crippen LogP contribution in [0.15, 0.2) is 42.9 Å². The van der Waals surface area contributed by atoms with Crippen LogP contribution in [0.2, 0.25) is 10.0 Å². The second-order valence-corrected chi connectivity index (χ2v) is 7.30. The van der Waals surface area contributed by atoms with Crippen LogP contribution in [0.25, 0.3) is 11.3 Å². The smallest absolute Gasteiger partial charge is 0.123 e. The average Bonchev–Trinajstić information content (AvgIpc) is 3.12. The average molecular weight is 406 g/mol. The van der Waals surface area contributed by atoms with Crippen molar-refractivity contribution in [3.8, 4) is 11.3 Å². The lowest BCUT2D eigenvalue weighted by atomic mass is 10.1. The van der Waals surface area contributed by atoms with Gasteiger partial charge in [0, 0.05) is 62.4 Å². The highest BCUT2D eigenvalue weighted by atomic mass is 35.5. The molecule has 0 bridgehead atoms. The van der Waals surface area contributed by atoms with E-state index in [1.54, 1.807) is 24.5 Å². The van der Waals surface area contributed by atoms with Gasteiger partial charge in [-0.15, -0.1) is 0 Å². The second kappa shape index (κ2) is 7.84. The molecule has 0 unspecified atom stereocenters. The van der Waals surface area contributed by atoms with Crippen molar-refractivity contribution in [1.29, 1.82) is 0 Å². The Morgan fingerprint density at radius 1 is 1.00 bits per heavy atom. The standard InChI is InChI=1S/C19H18Cl2FN5/c20-16-10-23-11-17(21)19(16)27-7-5-26(6-8-27)12-14-9-24-25-18(14)13-1-3-15(22)4-2-13/h1-4,9-11H,5-8,12H2,(H,24,25). The van der Waals surface area contributed by atoms with Gasteiger partial charge in [-0.1, -0.05) is 23.2 Å². The molecule has 1 aromatic carbocycles. The molecule has 0 spiro atoms. The highest BCUT2D eigenvalue weighted by Gasteiger charge is 2.22. The van der Waals surface area contributed by atoms with Crippen LogP contribution in [-0.2, 0) is 6.54 Å². The molecule has 0 aliphatic carbocycles. The Morgan fingerprint density at radius 2 is 1.67 bits per heavy atom. The van der Waals surface area contributed by atoms with E-state index in [9.17, 15) is 4.39 Å². The first-order valence-electron chi connectivity index (χ1n) is 8.66. The van der Waals surface area contributed by atoms with E-state index >= 15 is 0 Å². The zero-order valence-corrected chi connectivity index (χ0v) is 16.0. The van der Waals surface area contributed by atoms with Gasteiger partial charge >= 0.3 is 0 Å². The van der Waals surface area contributed by atoms with Crippen LogP contribution in [0.5, 0.6) is 0 Å². The van der Waals surface area contributed by atoms with Gasteiger partial charge < -0.3 is 4.90 Å². The number of nitrogens with one attached hydrogen (secondary N) is 1. The summed E-state index contributed by atoms with van der Waals surface area (Å²) in [6, 6.07) is 6.41. The molecular weight excluding hydrogens is 388 g/mol. The Kier molecular flexibility index (Phi) is 5.29. The number of aromatic amines is 1. The van der Waals surface area contributed by atoms with E-state index in [0.717, 1.165) is 55.2 Å². The van der Waals surface area contributed by atoms with Crippen molar-refractivity contribution < 1.29 is 4.39 Å². The second-order valence-electron chi connectivity index (χ2n) is 6.48. The first-order chi connectivity index (χ1) is 13.1. The van der Waals surface area contributed by atoms with E-state index in [1.807, 2.05) is 6.20 Å². The SMILES string of the molecule is Fc1ccc(-c2n[nH]cc2CN2CCN(c3c(Cl)cncc3Cl)CC2)cc1. The summed E-state index contributed by atoms with van der Waals surface area (Å²) in [5, 5.41) is 8.42. The predicted octanol–water partition coefficient (Wildman–Crippen LogP) is 4.24. The number of nitrogens with zero attached hydrogens (tertiary/aromatic N) is 4. The molecule has 3 aromatic rings. The highest BCUT2D eigenvalue weighted by molar-refractivity contribution is 6.38. The Labute approximate surface area is 166 Å². The lowest BCUT2D eigenvalue weighted by molar-refractivity contribution is 0.250. The third kappa shape index (κ3) is 3.93. The largest absolute Gasteiger partial charge is 0.366 e. The van der Waals surface area contributed by atoms with Crippen molar-refractivity contribution in [1.82, 2.24) is 20.1 Å². The molecule has 1 N–H and O–H groups in total. The van der Waals surface area contributed by atoms with Crippen LogP contribution >= 0.6 is 23.2 Å². The third-order valence-corrected chi connectivity index (χ3v) is 5.30. The Bertz CT molecular complexity index is 900. The van der Waals surface area contributed by atoms with E-state index < -0.39 is 0 Å². The minimum absolute atomic E-state index is 0.250. The van der Waals surface area contributed by atoms with Crippen LogP contribution in [0.1, 0.15) is 5.56 Å². The quantitative estimate of drug-likeness (QED) is 0.704. The fourth-order valence-corrected chi connectivity index (χ4v) is 3.97. The summed E-state index contributed by atoms with van der Waals surface area (Å²) in [7, 11) is 0. The van der Waals surface area contributed by atoms with Crippen LogP contribution < -0.4 is 4.90 Å². The summed E-state index contributed by atoms with van der Waals surface area (Å²) in [6.45, 7) is 4.18. The summed E-state index contributed by atoms with van der Waals surface area (Å²) in [6.07, 6.45) is 5.15. The normalized spacial score (nSPS) is 15.3. The van der Waals surface area contributed by atoms with Gasteiger partial charge in [-0.05, 0) is 24.3 Å². The van der Waals surface area contributed by atoms with Gasteiger partial charge in [-0.2, -0.15) is 5.10 Å². The summed E-state index contributed by atoms with van der Waals surface area (Å²) in [5.74, 6) is -0.250. The molecule has 8 heteroatoms. The van der Waals surface area contributed by atoms with Crippen LogP contribution in [0, 0.1) is 5.82 Å². The number of benzene rings is 1. The van der Waals surface area contributed by atoms with Gasteiger partial charge in [0.05, 0.1) is 21.4 Å². The van der Waals surface area contributed by atoms with E-state index in [0.29, 0.717) is 10.0 Å². The molecule has 4 rings (SSSR count). The minimum Gasteiger partial charge on any atom is -0.366 e. The van der Waals surface area contributed by atoms with E-state index in [2.05, 4.69) is 25.0 Å². The number of rotatable bonds is 4. The van der Waals surface area contributed by atoms with E-state index in [-0.39, 0.29) is 5.82 Å². The number of piperazine rings is 1. The number of aromatic nitrogens is 3. The number of pyridine rings is 1. The maximum absolute atomic E-state index is 13.2.